The van der Waals surface area contributed by atoms with E-state index in [9.17, 15) is 35.5 Å². The number of nitrogens with zero attached hydrogens (tertiary/aromatic N) is 3. The standard InChI is InChI=1S/C22H13F7N4O/c23-17-4-1-12(2-5-17)10-30-20(34)13-3-6-18-31-32-19(33(18)11-13)14-7-15(21(24,25)26)9-16(8-14)22(27,28)29/h1-9,11H,10H2,(H,30,34). The second-order valence-electron chi connectivity index (χ2n) is 7.27. The second-order valence-corrected chi connectivity index (χ2v) is 7.27. The molecule has 1 amide bonds. The number of pyridine rings is 1. The van der Waals surface area contributed by atoms with Crippen LogP contribution in [0.1, 0.15) is 27.0 Å². The topological polar surface area (TPSA) is 59.3 Å². The summed E-state index contributed by atoms with van der Waals surface area (Å²) < 4.78 is 93.5. The van der Waals surface area contributed by atoms with Gasteiger partial charge >= 0.3 is 12.4 Å². The van der Waals surface area contributed by atoms with Gasteiger partial charge in [-0.3, -0.25) is 9.20 Å². The number of fused-ring (bicyclic) bond motifs is 1. The minimum atomic E-state index is -5.03. The highest BCUT2D eigenvalue weighted by molar-refractivity contribution is 5.94. The number of alkyl halides is 6. The normalized spacial score (nSPS) is 12.2. The van der Waals surface area contributed by atoms with Gasteiger partial charge < -0.3 is 5.32 Å². The number of amides is 1. The van der Waals surface area contributed by atoms with Crippen molar-refractivity contribution in [2.75, 3.05) is 0 Å². The summed E-state index contributed by atoms with van der Waals surface area (Å²) in [6.45, 7) is 0.0642. The molecule has 1 N–H and O–H groups in total. The van der Waals surface area contributed by atoms with Gasteiger partial charge in [-0.2, -0.15) is 26.3 Å². The maximum absolute atomic E-state index is 13.2. The number of benzene rings is 2. The summed E-state index contributed by atoms with van der Waals surface area (Å²) in [4.78, 5) is 12.5. The lowest BCUT2D eigenvalue weighted by Crippen LogP contribution is -2.23. The molecule has 4 aromatic rings. The Bertz CT molecular complexity index is 1330. The van der Waals surface area contributed by atoms with Gasteiger partial charge in [-0.15, -0.1) is 10.2 Å². The van der Waals surface area contributed by atoms with Crippen LogP contribution in [-0.4, -0.2) is 20.5 Å². The molecule has 0 aliphatic heterocycles. The molecule has 5 nitrogen and oxygen atoms in total. The van der Waals surface area contributed by atoms with Crippen molar-refractivity contribution in [2.45, 2.75) is 18.9 Å². The highest BCUT2D eigenvalue weighted by atomic mass is 19.4. The molecule has 34 heavy (non-hydrogen) atoms. The number of hydrogen-bond donors (Lipinski definition) is 1. The highest BCUT2D eigenvalue weighted by Crippen LogP contribution is 2.38. The van der Waals surface area contributed by atoms with E-state index in [-0.39, 0.29) is 29.6 Å². The van der Waals surface area contributed by atoms with Gasteiger partial charge in [0.25, 0.3) is 5.91 Å². The van der Waals surface area contributed by atoms with Crippen LogP contribution >= 0.6 is 0 Å². The number of halogens is 7. The van der Waals surface area contributed by atoms with Gasteiger partial charge in [0.15, 0.2) is 11.5 Å². The smallest absolute Gasteiger partial charge is 0.348 e. The number of nitrogens with one attached hydrogen (secondary N) is 1. The van der Waals surface area contributed by atoms with Crippen molar-refractivity contribution in [3.63, 3.8) is 0 Å². The van der Waals surface area contributed by atoms with Crippen LogP contribution in [0.5, 0.6) is 0 Å². The first-order valence-electron chi connectivity index (χ1n) is 9.59. The van der Waals surface area contributed by atoms with Gasteiger partial charge in [0.2, 0.25) is 0 Å². The SMILES string of the molecule is O=C(NCc1ccc(F)cc1)c1ccc2nnc(-c3cc(C(F)(F)F)cc(C(F)(F)F)c3)n2c1. The van der Waals surface area contributed by atoms with Crippen molar-refractivity contribution >= 4 is 11.6 Å². The van der Waals surface area contributed by atoms with E-state index in [2.05, 4.69) is 15.5 Å². The minimum absolute atomic E-state index is 0.0149. The molecule has 0 atom stereocenters. The molecule has 0 fully saturated rings. The van der Waals surface area contributed by atoms with Crippen LogP contribution in [0.2, 0.25) is 0 Å². The van der Waals surface area contributed by atoms with E-state index in [0.29, 0.717) is 17.7 Å². The van der Waals surface area contributed by atoms with Gasteiger partial charge in [-0.1, -0.05) is 12.1 Å². The fourth-order valence-corrected chi connectivity index (χ4v) is 3.19. The van der Waals surface area contributed by atoms with E-state index >= 15 is 0 Å². The Morgan fingerprint density at radius 3 is 2.06 bits per heavy atom. The average Bonchev–Trinajstić information content (AvgIpc) is 3.20. The molecule has 0 bridgehead atoms. The Kier molecular flexibility index (Phi) is 5.75. The van der Waals surface area contributed by atoms with Crippen molar-refractivity contribution in [1.29, 1.82) is 0 Å². The number of aromatic nitrogens is 3. The average molecular weight is 482 g/mol. The van der Waals surface area contributed by atoms with Crippen LogP contribution < -0.4 is 5.32 Å². The third kappa shape index (κ3) is 4.85. The molecule has 0 aliphatic carbocycles. The molecule has 0 aliphatic rings. The number of hydrogen-bond acceptors (Lipinski definition) is 3. The van der Waals surface area contributed by atoms with E-state index in [1.807, 2.05) is 0 Å². The number of carbonyl (C=O) groups excluding carboxylic acids is 1. The van der Waals surface area contributed by atoms with Crippen LogP contribution in [0, 0.1) is 5.82 Å². The lowest BCUT2D eigenvalue weighted by atomic mass is 10.0. The first kappa shape index (κ1) is 23.2. The van der Waals surface area contributed by atoms with Crippen molar-refractivity contribution in [3.05, 3.63) is 88.9 Å². The van der Waals surface area contributed by atoms with Crippen LogP contribution in [0.4, 0.5) is 30.7 Å². The molecule has 0 saturated heterocycles. The van der Waals surface area contributed by atoms with Crippen molar-refractivity contribution in [2.24, 2.45) is 0 Å². The van der Waals surface area contributed by atoms with Crippen molar-refractivity contribution in [1.82, 2.24) is 19.9 Å². The van der Waals surface area contributed by atoms with Gasteiger partial charge in [-0.25, -0.2) is 4.39 Å². The highest BCUT2D eigenvalue weighted by Gasteiger charge is 2.37. The summed E-state index contributed by atoms with van der Waals surface area (Å²) in [6, 6.07) is 9.21. The summed E-state index contributed by atoms with van der Waals surface area (Å²) in [5.74, 6) is -1.32. The van der Waals surface area contributed by atoms with Crippen LogP contribution in [-0.2, 0) is 18.9 Å². The van der Waals surface area contributed by atoms with Crippen molar-refractivity contribution in [3.8, 4) is 11.4 Å². The Morgan fingerprint density at radius 2 is 1.47 bits per heavy atom. The zero-order chi connectivity index (χ0) is 24.7. The van der Waals surface area contributed by atoms with Crippen LogP contribution in [0.3, 0.4) is 0 Å². The van der Waals surface area contributed by atoms with E-state index in [4.69, 9.17) is 0 Å². The van der Waals surface area contributed by atoms with Crippen LogP contribution in [0.25, 0.3) is 17.0 Å². The maximum Gasteiger partial charge on any atom is 0.416 e. The van der Waals surface area contributed by atoms with Gasteiger partial charge in [0.05, 0.1) is 16.7 Å². The molecule has 0 unspecified atom stereocenters. The Morgan fingerprint density at radius 1 is 0.853 bits per heavy atom. The largest absolute Gasteiger partial charge is 0.416 e. The fourth-order valence-electron chi connectivity index (χ4n) is 3.19. The van der Waals surface area contributed by atoms with Crippen LogP contribution in [0.15, 0.2) is 60.8 Å². The molecular weight excluding hydrogens is 469 g/mol. The third-order valence-corrected chi connectivity index (χ3v) is 4.88. The first-order chi connectivity index (χ1) is 15.9. The zero-order valence-corrected chi connectivity index (χ0v) is 16.9. The molecule has 2 heterocycles. The molecule has 0 saturated carbocycles. The molecular formula is C22H13F7N4O. The molecule has 2 aromatic heterocycles. The predicted octanol–water partition coefficient (Wildman–Crippen LogP) is 5.50. The molecule has 0 spiro atoms. The first-order valence-corrected chi connectivity index (χ1v) is 9.59. The van der Waals surface area contributed by atoms with E-state index in [0.717, 1.165) is 4.40 Å². The summed E-state index contributed by atoms with van der Waals surface area (Å²) in [5, 5.41) is 10.1. The number of carbonyl (C=O) groups is 1. The monoisotopic (exact) mass is 482 g/mol. The summed E-state index contributed by atoms with van der Waals surface area (Å²) in [6.07, 6.45) is -8.85. The Labute approximate surface area is 186 Å². The Balaban J connectivity index is 1.70. The molecule has 0 radical (unpaired) electrons. The van der Waals surface area contributed by atoms with E-state index in [1.165, 1.54) is 42.6 Å². The van der Waals surface area contributed by atoms with E-state index < -0.39 is 40.8 Å². The molecule has 176 valence electrons. The third-order valence-electron chi connectivity index (χ3n) is 4.88. The van der Waals surface area contributed by atoms with E-state index in [1.54, 1.807) is 0 Å². The summed E-state index contributed by atoms with van der Waals surface area (Å²) in [5.41, 5.74) is -2.69. The lowest BCUT2D eigenvalue weighted by molar-refractivity contribution is -0.143. The molecule has 12 heteroatoms. The van der Waals surface area contributed by atoms with Gasteiger partial charge in [-0.05, 0) is 48.0 Å². The molecule has 2 aromatic carbocycles. The van der Waals surface area contributed by atoms with Gasteiger partial charge in [0, 0.05) is 18.3 Å². The zero-order valence-electron chi connectivity index (χ0n) is 16.9. The molecule has 4 rings (SSSR count). The summed E-state index contributed by atoms with van der Waals surface area (Å²) in [7, 11) is 0. The fraction of sp³-hybridized carbons (Fsp3) is 0.136. The predicted molar refractivity (Wildman–Crippen MR) is 106 cm³/mol. The number of rotatable bonds is 4. The van der Waals surface area contributed by atoms with Gasteiger partial charge in [0.1, 0.15) is 5.82 Å². The maximum atomic E-state index is 13.2. The Hall–Kier alpha value is -3.96. The minimum Gasteiger partial charge on any atom is -0.348 e. The van der Waals surface area contributed by atoms with Crippen molar-refractivity contribution < 1.29 is 35.5 Å². The summed E-state index contributed by atoms with van der Waals surface area (Å²) >= 11 is 0. The second kappa shape index (κ2) is 8.43. The quantitative estimate of drug-likeness (QED) is 0.391. The lowest BCUT2D eigenvalue weighted by Gasteiger charge is -2.13.